The Bertz CT molecular complexity index is 1420. The minimum absolute atomic E-state index is 0.117. The summed E-state index contributed by atoms with van der Waals surface area (Å²) in [6.07, 6.45) is 0. The number of carbonyl (C=O) groups is 3. The zero-order valence-electron chi connectivity index (χ0n) is 19.3. The smallest absolute Gasteiger partial charge is 0.328 e. The molecule has 4 rings (SSSR count). The molecule has 8 nitrogen and oxygen atoms in total. The third-order valence-corrected chi connectivity index (χ3v) is 5.72. The number of rotatable bonds is 5. The molecular formula is C26H23ClN4O4. The van der Waals surface area contributed by atoms with Gasteiger partial charge in [-0.15, -0.1) is 0 Å². The fourth-order valence-corrected chi connectivity index (χ4v) is 3.86. The number of amides is 3. The predicted octanol–water partition coefficient (Wildman–Crippen LogP) is 4.88. The van der Waals surface area contributed by atoms with Crippen LogP contribution in [0.1, 0.15) is 21.6 Å². The topological polar surface area (TPSA) is 101 Å². The van der Waals surface area contributed by atoms with Gasteiger partial charge in [-0.3, -0.25) is 19.8 Å². The van der Waals surface area contributed by atoms with E-state index in [1.165, 1.54) is 4.68 Å². The summed E-state index contributed by atoms with van der Waals surface area (Å²) in [5.74, 6) is -1.63. The highest BCUT2D eigenvalue weighted by molar-refractivity contribution is 6.42. The van der Waals surface area contributed by atoms with Crippen LogP contribution in [0.2, 0.25) is 5.02 Å². The summed E-state index contributed by atoms with van der Waals surface area (Å²) < 4.78 is 6.41. The lowest BCUT2D eigenvalue weighted by Gasteiger charge is -2.14. The van der Waals surface area contributed by atoms with Gasteiger partial charge in [0.15, 0.2) is 0 Å². The van der Waals surface area contributed by atoms with E-state index in [4.69, 9.17) is 16.3 Å². The average Bonchev–Trinajstić information content (AvgIpc) is 3.19. The van der Waals surface area contributed by atoms with Crippen molar-refractivity contribution in [2.45, 2.75) is 13.8 Å². The second-order valence-electron chi connectivity index (χ2n) is 7.91. The van der Waals surface area contributed by atoms with E-state index >= 15 is 0 Å². The van der Waals surface area contributed by atoms with Gasteiger partial charge in [0.2, 0.25) is 0 Å². The molecule has 0 unspecified atom stereocenters. The van der Waals surface area contributed by atoms with E-state index in [1.54, 1.807) is 55.6 Å². The van der Waals surface area contributed by atoms with Gasteiger partial charge in [0.1, 0.15) is 11.4 Å². The standard InChI is InChI=1S/C26H23ClN4O4/c1-15-5-4-6-16(2)23(15)29-25(33)26(34)30-31-21-12-7-18(27)13-17(21)14-22(31)24(32)28-19-8-10-20(35-3)11-9-19/h4-14H,1-3H3,(H,28,32)(H,29,33)(H,30,34). The molecule has 1 heterocycles. The lowest BCUT2D eigenvalue weighted by Crippen LogP contribution is -2.36. The summed E-state index contributed by atoms with van der Waals surface area (Å²) in [7, 11) is 1.55. The first-order valence-electron chi connectivity index (χ1n) is 10.7. The van der Waals surface area contributed by atoms with Crippen LogP contribution in [0.4, 0.5) is 11.4 Å². The fraction of sp³-hybridized carbons (Fsp3) is 0.115. The van der Waals surface area contributed by atoms with E-state index in [1.807, 2.05) is 32.0 Å². The number of aryl methyl sites for hydroxylation is 2. The van der Waals surface area contributed by atoms with Crippen LogP contribution >= 0.6 is 11.6 Å². The molecule has 0 bridgehead atoms. The summed E-state index contributed by atoms with van der Waals surface area (Å²) in [6, 6.07) is 18.9. The van der Waals surface area contributed by atoms with Gasteiger partial charge in [0.25, 0.3) is 5.91 Å². The van der Waals surface area contributed by atoms with Crippen LogP contribution in [0.5, 0.6) is 5.75 Å². The number of ether oxygens (including phenoxy) is 1. The van der Waals surface area contributed by atoms with Gasteiger partial charge in [-0.2, -0.15) is 0 Å². The Morgan fingerprint density at radius 2 is 1.54 bits per heavy atom. The Balaban J connectivity index is 1.62. The summed E-state index contributed by atoms with van der Waals surface area (Å²) in [5.41, 5.74) is 5.91. The van der Waals surface area contributed by atoms with Crippen LogP contribution in [-0.2, 0) is 9.59 Å². The molecule has 0 aliphatic heterocycles. The molecule has 4 aromatic rings. The Hall–Kier alpha value is -4.30. The maximum atomic E-state index is 13.1. The molecular weight excluding hydrogens is 468 g/mol. The summed E-state index contributed by atoms with van der Waals surface area (Å²) in [5, 5.41) is 6.52. The van der Waals surface area contributed by atoms with Crippen molar-refractivity contribution in [3.63, 3.8) is 0 Å². The minimum atomic E-state index is -0.932. The molecule has 0 aliphatic carbocycles. The Morgan fingerprint density at radius 1 is 0.857 bits per heavy atom. The highest BCUT2D eigenvalue weighted by atomic mass is 35.5. The molecule has 3 aromatic carbocycles. The minimum Gasteiger partial charge on any atom is -0.497 e. The van der Waals surface area contributed by atoms with E-state index in [0.717, 1.165) is 11.1 Å². The van der Waals surface area contributed by atoms with Crippen molar-refractivity contribution >= 4 is 51.6 Å². The van der Waals surface area contributed by atoms with Crippen LogP contribution in [0, 0.1) is 13.8 Å². The fourth-order valence-electron chi connectivity index (χ4n) is 3.68. The third-order valence-electron chi connectivity index (χ3n) is 5.48. The lowest BCUT2D eigenvalue weighted by atomic mass is 10.1. The van der Waals surface area contributed by atoms with Gasteiger partial charge < -0.3 is 15.4 Å². The van der Waals surface area contributed by atoms with Crippen molar-refractivity contribution in [3.8, 4) is 5.75 Å². The van der Waals surface area contributed by atoms with E-state index in [-0.39, 0.29) is 5.69 Å². The van der Waals surface area contributed by atoms with Crippen LogP contribution in [0.3, 0.4) is 0 Å². The maximum absolute atomic E-state index is 13.1. The van der Waals surface area contributed by atoms with E-state index in [2.05, 4.69) is 16.1 Å². The second-order valence-corrected chi connectivity index (χ2v) is 8.35. The number of hydrogen-bond acceptors (Lipinski definition) is 4. The van der Waals surface area contributed by atoms with Gasteiger partial charge in [0, 0.05) is 21.8 Å². The maximum Gasteiger partial charge on any atom is 0.328 e. The number of aromatic nitrogens is 1. The molecule has 0 aliphatic rings. The monoisotopic (exact) mass is 490 g/mol. The van der Waals surface area contributed by atoms with Crippen LogP contribution < -0.4 is 20.8 Å². The van der Waals surface area contributed by atoms with Crippen molar-refractivity contribution in [2.75, 3.05) is 23.2 Å². The molecule has 0 atom stereocenters. The first-order chi connectivity index (χ1) is 16.8. The third kappa shape index (κ3) is 5.12. The van der Waals surface area contributed by atoms with E-state index in [0.29, 0.717) is 33.0 Å². The molecule has 35 heavy (non-hydrogen) atoms. The zero-order valence-corrected chi connectivity index (χ0v) is 20.1. The Kier molecular flexibility index (Phi) is 6.75. The molecule has 1 aromatic heterocycles. The number of nitrogens with one attached hydrogen (secondary N) is 3. The summed E-state index contributed by atoms with van der Waals surface area (Å²) >= 11 is 6.12. The normalized spacial score (nSPS) is 10.6. The molecule has 3 N–H and O–H groups in total. The molecule has 0 saturated carbocycles. The number of methoxy groups -OCH3 is 1. The molecule has 0 saturated heterocycles. The van der Waals surface area contributed by atoms with Gasteiger partial charge in [-0.1, -0.05) is 29.8 Å². The highest BCUT2D eigenvalue weighted by Gasteiger charge is 2.22. The largest absolute Gasteiger partial charge is 0.497 e. The van der Waals surface area contributed by atoms with Crippen molar-refractivity contribution < 1.29 is 19.1 Å². The number of benzene rings is 3. The van der Waals surface area contributed by atoms with Crippen LogP contribution in [-0.4, -0.2) is 29.5 Å². The van der Waals surface area contributed by atoms with Gasteiger partial charge in [-0.25, -0.2) is 4.68 Å². The SMILES string of the molecule is COc1ccc(NC(=O)c2cc3cc(Cl)ccc3n2NC(=O)C(=O)Nc2c(C)cccc2C)cc1. The molecule has 0 fully saturated rings. The lowest BCUT2D eigenvalue weighted by molar-refractivity contribution is -0.133. The predicted molar refractivity (Wildman–Crippen MR) is 137 cm³/mol. The average molecular weight is 491 g/mol. The van der Waals surface area contributed by atoms with Crippen molar-refractivity contribution in [2.24, 2.45) is 0 Å². The summed E-state index contributed by atoms with van der Waals surface area (Å²) in [6.45, 7) is 3.68. The van der Waals surface area contributed by atoms with E-state index < -0.39 is 17.7 Å². The van der Waals surface area contributed by atoms with Crippen molar-refractivity contribution in [1.29, 1.82) is 0 Å². The number of fused-ring (bicyclic) bond motifs is 1. The number of para-hydroxylation sites is 1. The second kappa shape index (κ2) is 9.90. The van der Waals surface area contributed by atoms with Crippen molar-refractivity contribution in [1.82, 2.24) is 4.68 Å². The van der Waals surface area contributed by atoms with Gasteiger partial charge >= 0.3 is 11.8 Å². The Labute approximate surface area is 206 Å². The van der Waals surface area contributed by atoms with Gasteiger partial charge in [0.05, 0.1) is 12.6 Å². The molecule has 0 spiro atoms. The quantitative estimate of drug-likeness (QED) is 0.347. The molecule has 178 valence electrons. The molecule has 0 radical (unpaired) electrons. The first kappa shape index (κ1) is 23.8. The van der Waals surface area contributed by atoms with E-state index in [9.17, 15) is 14.4 Å². The number of anilines is 2. The van der Waals surface area contributed by atoms with Crippen molar-refractivity contribution in [3.05, 3.63) is 88.6 Å². The zero-order chi connectivity index (χ0) is 25.1. The Morgan fingerprint density at radius 3 is 2.20 bits per heavy atom. The molecule has 9 heteroatoms. The van der Waals surface area contributed by atoms with Gasteiger partial charge in [-0.05, 0) is 73.5 Å². The number of carbonyl (C=O) groups excluding carboxylic acids is 3. The van der Waals surface area contributed by atoms with Crippen LogP contribution in [0.25, 0.3) is 10.9 Å². The number of halogens is 1. The summed E-state index contributed by atoms with van der Waals surface area (Å²) in [4.78, 5) is 38.7. The molecule has 3 amide bonds. The first-order valence-corrected chi connectivity index (χ1v) is 11.1. The highest BCUT2D eigenvalue weighted by Crippen LogP contribution is 2.24. The van der Waals surface area contributed by atoms with Crippen LogP contribution in [0.15, 0.2) is 66.7 Å². The number of nitrogens with zero attached hydrogens (tertiary/aromatic N) is 1. The number of hydrogen-bond donors (Lipinski definition) is 3.